The lowest BCUT2D eigenvalue weighted by molar-refractivity contribution is 0.0584. The molecule has 0 bridgehead atoms. The average molecular weight is 354 g/mol. The second kappa shape index (κ2) is 6.60. The van der Waals surface area contributed by atoms with Crippen molar-refractivity contribution in [3.63, 3.8) is 0 Å². The number of rotatable bonds is 3. The van der Waals surface area contributed by atoms with Gasteiger partial charge in [-0.3, -0.25) is 9.69 Å². The molecule has 0 spiro atoms. The highest BCUT2D eigenvalue weighted by molar-refractivity contribution is 7.91. The molecule has 2 aliphatic heterocycles. The van der Waals surface area contributed by atoms with Crippen LogP contribution in [0.1, 0.15) is 16.8 Å². The van der Waals surface area contributed by atoms with Gasteiger partial charge in [-0.2, -0.15) is 0 Å². The SMILES string of the molecule is COc1cccc(C(=O)N2CCN(C3CCS(=O)(=O)C3)CC2)c1O. The van der Waals surface area contributed by atoms with Gasteiger partial charge in [-0.1, -0.05) is 6.07 Å². The summed E-state index contributed by atoms with van der Waals surface area (Å²) in [5.74, 6) is 0.376. The Hall–Kier alpha value is -1.80. The lowest BCUT2D eigenvalue weighted by Crippen LogP contribution is -2.52. The molecule has 2 saturated heterocycles. The summed E-state index contributed by atoms with van der Waals surface area (Å²) in [6.07, 6.45) is 0.674. The Morgan fingerprint density at radius 1 is 1.25 bits per heavy atom. The van der Waals surface area contributed by atoms with E-state index in [1.165, 1.54) is 7.11 Å². The summed E-state index contributed by atoms with van der Waals surface area (Å²) in [5.41, 5.74) is 0.228. The molecule has 132 valence electrons. The van der Waals surface area contributed by atoms with E-state index in [9.17, 15) is 18.3 Å². The maximum atomic E-state index is 12.6. The number of methoxy groups -OCH3 is 1. The Balaban J connectivity index is 1.64. The summed E-state index contributed by atoms with van der Waals surface area (Å²) in [6.45, 7) is 2.34. The van der Waals surface area contributed by atoms with E-state index in [-0.39, 0.29) is 40.5 Å². The highest BCUT2D eigenvalue weighted by Gasteiger charge is 2.34. The molecule has 1 amide bonds. The zero-order chi connectivity index (χ0) is 17.3. The van der Waals surface area contributed by atoms with E-state index in [0.717, 1.165) is 0 Å². The van der Waals surface area contributed by atoms with Crippen LogP contribution in [0.2, 0.25) is 0 Å². The predicted octanol–water partition coefficient (Wildman–Crippen LogP) is 0.346. The zero-order valence-electron chi connectivity index (χ0n) is 13.6. The summed E-state index contributed by atoms with van der Waals surface area (Å²) >= 11 is 0. The molecule has 7 nitrogen and oxygen atoms in total. The third-order valence-electron chi connectivity index (χ3n) is 4.78. The van der Waals surface area contributed by atoms with Crippen molar-refractivity contribution in [2.24, 2.45) is 0 Å². The lowest BCUT2D eigenvalue weighted by Gasteiger charge is -2.37. The normalized spacial score (nSPS) is 24.0. The van der Waals surface area contributed by atoms with Crippen LogP contribution in [0.4, 0.5) is 0 Å². The number of carbonyl (C=O) groups excluding carboxylic acids is 1. The van der Waals surface area contributed by atoms with Crippen LogP contribution in [-0.2, 0) is 9.84 Å². The Morgan fingerprint density at radius 2 is 1.96 bits per heavy atom. The fourth-order valence-electron chi connectivity index (χ4n) is 3.38. The van der Waals surface area contributed by atoms with Crippen LogP contribution in [0.15, 0.2) is 18.2 Å². The van der Waals surface area contributed by atoms with E-state index in [0.29, 0.717) is 32.6 Å². The molecule has 0 radical (unpaired) electrons. The summed E-state index contributed by atoms with van der Waals surface area (Å²) in [5, 5.41) is 10.1. The van der Waals surface area contributed by atoms with Crippen molar-refractivity contribution in [1.82, 2.24) is 9.80 Å². The largest absolute Gasteiger partial charge is 0.504 e. The van der Waals surface area contributed by atoms with Gasteiger partial charge < -0.3 is 14.7 Å². The predicted molar refractivity (Wildman–Crippen MR) is 89.2 cm³/mol. The number of piperazine rings is 1. The molecular weight excluding hydrogens is 332 g/mol. The minimum atomic E-state index is -2.90. The number of hydrogen-bond acceptors (Lipinski definition) is 6. The van der Waals surface area contributed by atoms with Crippen molar-refractivity contribution in [3.05, 3.63) is 23.8 Å². The number of ether oxygens (including phenoxy) is 1. The second-order valence-electron chi connectivity index (χ2n) is 6.24. The number of carbonyl (C=O) groups is 1. The Morgan fingerprint density at radius 3 is 2.54 bits per heavy atom. The first-order valence-corrected chi connectivity index (χ1v) is 9.83. The maximum absolute atomic E-state index is 12.6. The number of para-hydroxylation sites is 1. The average Bonchev–Trinajstić information content (AvgIpc) is 2.94. The van der Waals surface area contributed by atoms with Gasteiger partial charge in [0, 0.05) is 32.2 Å². The van der Waals surface area contributed by atoms with Crippen molar-refractivity contribution in [2.75, 3.05) is 44.8 Å². The molecule has 24 heavy (non-hydrogen) atoms. The lowest BCUT2D eigenvalue weighted by atomic mass is 10.1. The molecule has 1 N–H and O–H groups in total. The molecule has 1 aromatic carbocycles. The van der Waals surface area contributed by atoms with Gasteiger partial charge in [0.2, 0.25) is 0 Å². The van der Waals surface area contributed by atoms with Gasteiger partial charge in [-0.05, 0) is 18.6 Å². The van der Waals surface area contributed by atoms with Crippen molar-refractivity contribution in [2.45, 2.75) is 12.5 Å². The Bertz CT molecular complexity index is 726. The zero-order valence-corrected chi connectivity index (χ0v) is 14.5. The van der Waals surface area contributed by atoms with Gasteiger partial charge >= 0.3 is 0 Å². The minimum absolute atomic E-state index is 0.0671. The second-order valence-corrected chi connectivity index (χ2v) is 8.47. The van der Waals surface area contributed by atoms with Gasteiger partial charge in [0.25, 0.3) is 5.91 Å². The van der Waals surface area contributed by atoms with Gasteiger partial charge in [-0.15, -0.1) is 0 Å². The van der Waals surface area contributed by atoms with Crippen LogP contribution in [0.3, 0.4) is 0 Å². The number of benzene rings is 1. The fourth-order valence-corrected chi connectivity index (χ4v) is 5.15. The number of phenols is 1. The Labute approximate surface area is 141 Å². The van der Waals surface area contributed by atoms with Crippen molar-refractivity contribution >= 4 is 15.7 Å². The molecule has 2 aliphatic rings. The molecular formula is C16H22N2O5S. The molecule has 1 unspecified atom stereocenters. The number of phenolic OH excluding ortho intramolecular Hbond substituents is 1. The van der Waals surface area contributed by atoms with Crippen LogP contribution in [0.25, 0.3) is 0 Å². The van der Waals surface area contributed by atoms with Crippen molar-refractivity contribution in [3.8, 4) is 11.5 Å². The number of nitrogens with zero attached hydrogens (tertiary/aromatic N) is 2. The summed E-state index contributed by atoms with van der Waals surface area (Å²) in [4.78, 5) is 16.5. The quantitative estimate of drug-likeness (QED) is 0.843. The van der Waals surface area contributed by atoms with E-state index >= 15 is 0 Å². The van der Waals surface area contributed by atoms with Crippen LogP contribution >= 0.6 is 0 Å². The molecule has 1 atom stereocenters. The van der Waals surface area contributed by atoms with E-state index in [1.54, 1.807) is 23.1 Å². The first-order chi connectivity index (χ1) is 11.4. The summed E-state index contributed by atoms with van der Waals surface area (Å²) in [7, 11) is -1.46. The first-order valence-electron chi connectivity index (χ1n) is 8.01. The fraction of sp³-hybridized carbons (Fsp3) is 0.562. The van der Waals surface area contributed by atoms with Gasteiger partial charge in [0.1, 0.15) is 0 Å². The molecule has 0 saturated carbocycles. The highest BCUT2D eigenvalue weighted by atomic mass is 32.2. The van der Waals surface area contributed by atoms with Gasteiger partial charge in [0.05, 0.1) is 24.2 Å². The maximum Gasteiger partial charge on any atom is 0.257 e. The van der Waals surface area contributed by atoms with E-state index in [1.807, 2.05) is 0 Å². The molecule has 0 aliphatic carbocycles. The number of sulfone groups is 1. The van der Waals surface area contributed by atoms with Crippen LogP contribution in [0, 0.1) is 0 Å². The van der Waals surface area contributed by atoms with E-state index < -0.39 is 9.84 Å². The third kappa shape index (κ3) is 3.34. The molecule has 1 aromatic rings. The number of amides is 1. The highest BCUT2D eigenvalue weighted by Crippen LogP contribution is 2.30. The third-order valence-corrected chi connectivity index (χ3v) is 6.53. The van der Waals surface area contributed by atoms with Gasteiger partial charge in [0.15, 0.2) is 21.3 Å². The summed E-state index contributed by atoms with van der Waals surface area (Å²) in [6, 6.07) is 4.92. The molecule has 2 fully saturated rings. The molecule has 8 heteroatoms. The standard InChI is InChI=1S/C16H22N2O5S/c1-23-14-4-2-3-13(15(14)19)16(20)18-8-6-17(7-9-18)12-5-10-24(21,22)11-12/h2-4,12,19H,5-11H2,1H3. The van der Waals surface area contributed by atoms with Gasteiger partial charge in [-0.25, -0.2) is 8.42 Å². The molecule has 2 heterocycles. The van der Waals surface area contributed by atoms with Crippen LogP contribution < -0.4 is 4.74 Å². The van der Waals surface area contributed by atoms with Crippen molar-refractivity contribution < 1.29 is 23.1 Å². The number of aromatic hydroxyl groups is 1. The Kier molecular flexibility index (Phi) is 4.69. The molecule has 0 aromatic heterocycles. The summed E-state index contributed by atoms with van der Waals surface area (Å²) < 4.78 is 28.3. The smallest absolute Gasteiger partial charge is 0.257 e. The monoisotopic (exact) mass is 354 g/mol. The number of hydrogen-bond donors (Lipinski definition) is 1. The topological polar surface area (TPSA) is 87.2 Å². The van der Waals surface area contributed by atoms with Crippen molar-refractivity contribution in [1.29, 1.82) is 0 Å². The van der Waals surface area contributed by atoms with Crippen LogP contribution in [0.5, 0.6) is 11.5 Å². The minimum Gasteiger partial charge on any atom is -0.504 e. The molecule has 3 rings (SSSR count). The first kappa shape index (κ1) is 17.0. The van der Waals surface area contributed by atoms with Crippen LogP contribution in [-0.4, -0.2) is 80.1 Å². The van der Waals surface area contributed by atoms with E-state index in [4.69, 9.17) is 4.74 Å². The van der Waals surface area contributed by atoms with E-state index in [2.05, 4.69) is 4.90 Å².